The lowest BCUT2D eigenvalue weighted by atomic mass is 9.87. The zero-order valence-corrected chi connectivity index (χ0v) is 10.4. The number of alkyl halides is 2. The summed E-state index contributed by atoms with van der Waals surface area (Å²) in [6, 6.07) is 0. The Morgan fingerprint density at radius 2 is 1.94 bits per heavy atom. The van der Waals surface area contributed by atoms with Gasteiger partial charge in [0.05, 0.1) is 11.6 Å². The SMILES string of the molecule is CC(F)(F)C(C)(C)C#Cc1ncc(Cl)nc1N. The number of anilines is 1. The van der Waals surface area contributed by atoms with Crippen molar-refractivity contribution in [2.24, 2.45) is 5.41 Å². The van der Waals surface area contributed by atoms with Crippen molar-refractivity contribution in [2.75, 3.05) is 5.73 Å². The highest BCUT2D eigenvalue weighted by Gasteiger charge is 2.40. The van der Waals surface area contributed by atoms with E-state index in [1.54, 1.807) is 0 Å². The maximum Gasteiger partial charge on any atom is 0.261 e. The third kappa shape index (κ3) is 3.27. The van der Waals surface area contributed by atoms with Crippen molar-refractivity contribution in [1.82, 2.24) is 9.97 Å². The molecular weight excluding hydrogens is 248 g/mol. The second kappa shape index (κ2) is 4.46. The summed E-state index contributed by atoms with van der Waals surface area (Å²) in [6.07, 6.45) is 1.26. The van der Waals surface area contributed by atoms with Crippen molar-refractivity contribution < 1.29 is 8.78 Å². The Morgan fingerprint density at radius 1 is 1.35 bits per heavy atom. The van der Waals surface area contributed by atoms with E-state index in [2.05, 4.69) is 21.8 Å². The number of rotatable bonds is 1. The number of nitrogens with zero attached hydrogens (tertiary/aromatic N) is 2. The van der Waals surface area contributed by atoms with Crippen LogP contribution in [0, 0.1) is 17.3 Å². The summed E-state index contributed by atoms with van der Waals surface area (Å²) in [5.74, 6) is 2.06. The molecule has 0 aromatic carbocycles. The van der Waals surface area contributed by atoms with Gasteiger partial charge >= 0.3 is 0 Å². The first-order valence-corrected chi connectivity index (χ1v) is 5.20. The minimum absolute atomic E-state index is 0.0280. The van der Waals surface area contributed by atoms with Crippen LogP contribution >= 0.6 is 11.6 Å². The third-order valence-electron chi connectivity index (χ3n) is 2.36. The molecule has 0 amide bonds. The predicted molar refractivity (Wildman–Crippen MR) is 62.7 cm³/mol. The summed E-state index contributed by atoms with van der Waals surface area (Å²) < 4.78 is 26.4. The average molecular weight is 260 g/mol. The Kier molecular flexibility index (Phi) is 3.58. The topological polar surface area (TPSA) is 51.8 Å². The zero-order valence-electron chi connectivity index (χ0n) is 9.68. The lowest BCUT2D eigenvalue weighted by molar-refractivity contribution is -0.0585. The van der Waals surface area contributed by atoms with E-state index >= 15 is 0 Å². The number of hydrogen-bond acceptors (Lipinski definition) is 3. The number of halogens is 3. The molecule has 6 heteroatoms. The van der Waals surface area contributed by atoms with Crippen LogP contribution in [0.15, 0.2) is 6.20 Å². The minimum Gasteiger partial charge on any atom is -0.381 e. The molecule has 0 aliphatic heterocycles. The van der Waals surface area contributed by atoms with E-state index in [0.29, 0.717) is 0 Å². The Morgan fingerprint density at radius 3 is 2.41 bits per heavy atom. The van der Waals surface area contributed by atoms with Gasteiger partial charge < -0.3 is 5.73 Å². The fourth-order valence-electron chi connectivity index (χ4n) is 0.802. The van der Waals surface area contributed by atoms with Crippen LogP contribution < -0.4 is 5.73 Å². The molecule has 17 heavy (non-hydrogen) atoms. The molecule has 3 nitrogen and oxygen atoms in total. The smallest absolute Gasteiger partial charge is 0.261 e. The van der Waals surface area contributed by atoms with Gasteiger partial charge in [-0.2, -0.15) is 0 Å². The Labute approximate surface area is 103 Å². The molecule has 0 aliphatic carbocycles. The molecule has 0 bridgehead atoms. The van der Waals surface area contributed by atoms with E-state index < -0.39 is 11.3 Å². The summed E-state index contributed by atoms with van der Waals surface area (Å²) in [5.41, 5.74) is 4.19. The predicted octanol–water partition coefficient (Wildman–Crippen LogP) is 2.75. The van der Waals surface area contributed by atoms with Crippen molar-refractivity contribution >= 4 is 17.4 Å². The van der Waals surface area contributed by atoms with Crippen molar-refractivity contribution in [3.63, 3.8) is 0 Å². The zero-order chi connectivity index (χ0) is 13.3. The highest BCUT2D eigenvalue weighted by molar-refractivity contribution is 6.29. The van der Waals surface area contributed by atoms with Crippen LogP contribution in [-0.2, 0) is 0 Å². The van der Waals surface area contributed by atoms with Crippen LogP contribution in [-0.4, -0.2) is 15.9 Å². The molecule has 92 valence electrons. The Hall–Kier alpha value is -1.41. The largest absolute Gasteiger partial charge is 0.381 e. The number of nitrogens with two attached hydrogens (primary N) is 1. The normalized spacial score (nSPS) is 11.9. The highest BCUT2D eigenvalue weighted by atomic mass is 35.5. The number of aromatic nitrogens is 2. The second-order valence-corrected chi connectivity index (χ2v) is 4.58. The summed E-state index contributed by atoms with van der Waals surface area (Å²) in [6.45, 7) is 3.51. The van der Waals surface area contributed by atoms with E-state index in [9.17, 15) is 8.78 Å². The Balaban J connectivity index is 3.08. The molecule has 0 atom stereocenters. The van der Waals surface area contributed by atoms with Gasteiger partial charge in [0.1, 0.15) is 5.15 Å². The molecule has 0 saturated heterocycles. The minimum atomic E-state index is -2.92. The fourth-order valence-corrected chi connectivity index (χ4v) is 0.942. The summed E-state index contributed by atoms with van der Waals surface area (Å²) >= 11 is 5.56. The van der Waals surface area contributed by atoms with Crippen LogP contribution in [0.1, 0.15) is 26.5 Å². The molecule has 0 radical (unpaired) electrons. The maximum atomic E-state index is 13.2. The molecule has 1 rings (SSSR count). The van der Waals surface area contributed by atoms with Gasteiger partial charge in [-0.15, -0.1) is 0 Å². The first kappa shape index (κ1) is 13.7. The third-order valence-corrected chi connectivity index (χ3v) is 2.54. The van der Waals surface area contributed by atoms with E-state index in [4.69, 9.17) is 17.3 Å². The molecule has 2 N–H and O–H groups in total. The molecule has 0 aliphatic rings. The maximum absolute atomic E-state index is 13.2. The van der Waals surface area contributed by atoms with E-state index in [1.165, 1.54) is 20.0 Å². The van der Waals surface area contributed by atoms with Crippen molar-refractivity contribution in [2.45, 2.75) is 26.7 Å². The van der Waals surface area contributed by atoms with Gasteiger partial charge in [-0.1, -0.05) is 17.5 Å². The van der Waals surface area contributed by atoms with Crippen LogP contribution in [0.4, 0.5) is 14.6 Å². The van der Waals surface area contributed by atoms with Gasteiger partial charge in [0.25, 0.3) is 5.92 Å². The van der Waals surface area contributed by atoms with Gasteiger partial charge in [0.2, 0.25) is 0 Å². The van der Waals surface area contributed by atoms with Gasteiger partial charge in [0.15, 0.2) is 11.5 Å². The van der Waals surface area contributed by atoms with Crippen LogP contribution in [0.3, 0.4) is 0 Å². The van der Waals surface area contributed by atoms with Crippen molar-refractivity contribution in [1.29, 1.82) is 0 Å². The second-order valence-electron chi connectivity index (χ2n) is 4.19. The van der Waals surface area contributed by atoms with Gasteiger partial charge in [-0.25, -0.2) is 18.7 Å². The molecule has 0 spiro atoms. The summed E-state index contributed by atoms with van der Waals surface area (Å²) in [7, 11) is 0. The van der Waals surface area contributed by atoms with E-state index in [0.717, 1.165) is 6.92 Å². The number of nitrogen functional groups attached to an aromatic ring is 1. The quantitative estimate of drug-likeness (QED) is 0.789. The van der Waals surface area contributed by atoms with Gasteiger partial charge in [-0.3, -0.25) is 0 Å². The fraction of sp³-hybridized carbons (Fsp3) is 0.455. The molecule has 1 aromatic rings. The van der Waals surface area contributed by atoms with E-state index in [-0.39, 0.29) is 16.7 Å². The van der Waals surface area contributed by atoms with Crippen LogP contribution in [0.5, 0.6) is 0 Å². The first-order chi connectivity index (χ1) is 7.63. The lowest BCUT2D eigenvalue weighted by Gasteiger charge is -2.25. The average Bonchev–Trinajstić information content (AvgIpc) is 2.14. The molecule has 0 unspecified atom stereocenters. The molecule has 1 aromatic heterocycles. The van der Waals surface area contributed by atoms with E-state index in [1.807, 2.05) is 0 Å². The first-order valence-electron chi connectivity index (χ1n) is 4.82. The molecular formula is C11H12ClF2N3. The van der Waals surface area contributed by atoms with Crippen molar-refractivity contribution in [3.05, 3.63) is 17.0 Å². The van der Waals surface area contributed by atoms with Gasteiger partial charge in [0, 0.05) is 6.92 Å². The monoisotopic (exact) mass is 259 g/mol. The number of hydrogen-bond donors (Lipinski definition) is 1. The van der Waals surface area contributed by atoms with Crippen molar-refractivity contribution in [3.8, 4) is 11.8 Å². The lowest BCUT2D eigenvalue weighted by Crippen LogP contribution is -2.31. The Bertz CT molecular complexity index is 484. The summed E-state index contributed by atoms with van der Waals surface area (Å²) in [4.78, 5) is 7.55. The van der Waals surface area contributed by atoms with Gasteiger partial charge in [-0.05, 0) is 19.8 Å². The highest BCUT2D eigenvalue weighted by Crippen LogP contribution is 2.34. The molecule has 0 saturated carbocycles. The molecule has 0 fully saturated rings. The summed E-state index contributed by atoms with van der Waals surface area (Å²) in [5, 5.41) is 0.133. The van der Waals surface area contributed by atoms with Crippen LogP contribution in [0.25, 0.3) is 0 Å². The molecule has 1 heterocycles. The standard InChI is InChI=1S/C11H12ClF2N3/c1-10(2,11(3,13)14)5-4-7-9(15)17-8(12)6-16-7/h6H,1-3H3,(H2,15,17). The van der Waals surface area contributed by atoms with Crippen LogP contribution in [0.2, 0.25) is 5.15 Å².